The first-order valence-electron chi connectivity index (χ1n) is 4.94. The zero-order valence-electron chi connectivity index (χ0n) is 9.40. The lowest BCUT2D eigenvalue weighted by molar-refractivity contribution is -0.138. The summed E-state index contributed by atoms with van der Waals surface area (Å²) in [6.07, 6.45) is 0. The highest BCUT2D eigenvalue weighted by Gasteiger charge is 2.13. The summed E-state index contributed by atoms with van der Waals surface area (Å²) in [6, 6.07) is 4.58. The Morgan fingerprint density at radius 1 is 1.50 bits per heavy atom. The minimum atomic E-state index is -1.14. The van der Waals surface area contributed by atoms with Gasteiger partial charge in [-0.2, -0.15) is 5.26 Å². The Kier molecular flexibility index (Phi) is 4.52. The fourth-order valence-corrected chi connectivity index (χ4v) is 1.33. The first kappa shape index (κ1) is 13.8. The molecule has 3 N–H and O–H groups in total. The van der Waals surface area contributed by atoms with E-state index in [-0.39, 0.29) is 5.02 Å². The Balaban J connectivity index is 2.69. The summed E-state index contributed by atoms with van der Waals surface area (Å²) in [5.41, 5.74) is 0.663. The van der Waals surface area contributed by atoms with Crippen LogP contribution < -0.4 is 10.6 Å². The maximum Gasteiger partial charge on any atom is 0.325 e. The second-order valence-corrected chi connectivity index (χ2v) is 3.87. The van der Waals surface area contributed by atoms with Crippen molar-refractivity contribution >= 4 is 29.3 Å². The number of rotatable bonds is 3. The number of hydrogen-bond acceptors (Lipinski definition) is 3. The van der Waals surface area contributed by atoms with Crippen LogP contribution in [0.25, 0.3) is 0 Å². The summed E-state index contributed by atoms with van der Waals surface area (Å²) in [7, 11) is 0. The third-order valence-corrected chi connectivity index (χ3v) is 2.38. The van der Waals surface area contributed by atoms with Crippen molar-refractivity contribution in [3.05, 3.63) is 28.8 Å². The van der Waals surface area contributed by atoms with Gasteiger partial charge in [0.25, 0.3) is 0 Å². The minimum Gasteiger partial charge on any atom is -0.480 e. The normalized spacial score (nSPS) is 11.2. The van der Waals surface area contributed by atoms with E-state index < -0.39 is 18.0 Å². The van der Waals surface area contributed by atoms with Gasteiger partial charge in [0.05, 0.1) is 10.6 Å². The van der Waals surface area contributed by atoms with E-state index in [9.17, 15) is 9.59 Å². The molecule has 1 aromatic carbocycles. The third-order valence-electron chi connectivity index (χ3n) is 2.07. The van der Waals surface area contributed by atoms with Gasteiger partial charge in [-0.25, -0.2) is 4.79 Å². The maximum atomic E-state index is 11.4. The summed E-state index contributed by atoms with van der Waals surface area (Å²) in [4.78, 5) is 21.9. The average Bonchev–Trinajstić information content (AvgIpc) is 2.28. The molecule has 0 aliphatic carbocycles. The van der Waals surface area contributed by atoms with Crippen LogP contribution in [-0.4, -0.2) is 23.1 Å². The minimum absolute atomic E-state index is 0.210. The molecule has 0 radical (unpaired) electrons. The van der Waals surface area contributed by atoms with Gasteiger partial charge in [0.2, 0.25) is 0 Å². The molecule has 0 heterocycles. The van der Waals surface area contributed by atoms with E-state index in [1.807, 2.05) is 6.07 Å². The number of carbonyl (C=O) groups is 2. The van der Waals surface area contributed by atoms with Gasteiger partial charge >= 0.3 is 12.0 Å². The molecule has 6 nitrogen and oxygen atoms in total. The SMILES string of the molecule is CC(NC(=O)Nc1ccc(C#N)c(Cl)c1)C(=O)O. The van der Waals surface area contributed by atoms with E-state index in [0.717, 1.165) is 0 Å². The fraction of sp³-hybridized carbons (Fsp3) is 0.182. The van der Waals surface area contributed by atoms with Gasteiger partial charge in [0, 0.05) is 5.69 Å². The number of anilines is 1. The number of nitrogens with one attached hydrogen (secondary N) is 2. The molecule has 0 spiro atoms. The van der Waals surface area contributed by atoms with Crippen molar-refractivity contribution in [3.8, 4) is 6.07 Å². The molecule has 1 rings (SSSR count). The highest BCUT2D eigenvalue weighted by Crippen LogP contribution is 2.19. The molecule has 94 valence electrons. The second-order valence-electron chi connectivity index (χ2n) is 3.46. The van der Waals surface area contributed by atoms with E-state index in [0.29, 0.717) is 11.3 Å². The number of halogens is 1. The summed E-state index contributed by atoms with van der Waals surface area (Å²) in [5, 5.41) is 22.1. The molecule has 0 aromatic heterocycles. The maximum absolute atomic E-state index is 11.4. The number of carboxylic acid groups (broad SMARTS) is 1. The number of urea groups is 1. The number of nitriles is 1. The van der Waals surface area contributed by atoms with E-state index >= 15 is 0 Å². The van der Waals surface area contributed by atoms with Gasteiger partial charge in [-0.3, -0.25) is 4.79 Å². The predicted octanol–water partition coefficient (Wildman–Crippen LogP) is 1.81. The topological polar surface area (TPSA) is 102 Å². The number of aliphatic carboxylic acids is 1. The summed E-state index contributed by atoms with van der Waals surface area (Å²) in [6.45, 7) is 1.34. The highest BCUT2D eigenvalue weighted by molar-refractivity contribution is 6.32. The number of amides is 2. The molecule has 0 aliphatic rings. The molecular formula is C11H10ClN3O3. The van der Waals surface area contributed by atoms with Crippen molar-refractivity contribution in [2.24, 2.45) is 0 Å². The van der Waals surface area contributed by atoms with Crippen molar-refractivity contribution in [2.75, 3.05) is 5.32 Å². The number of hydrogen-bond donors (Lipinski definition) is 3. The van der Waals surface area contributed by atoms with Crippen LogP contribution in [0.2, 0.25) is 5.02 Å². The Bertz CT molecular complexity index is 525. The Hall–Kier alpha value is -2.26. The molecule has 18 heavy (non-hydrogen) atoms. The van der Waals surface area contributed by atoms with Crippen LogP contribution in [0.5, 0.6) is 0 Å². The Morgan fingerprint density at radius 3 is 2.67 bits per heavy atom. The molecule has 0 bridgehead atoms. The van der Waals surface area contributed by atoms with Gasteiger partial charge in [-0.1, -0.05) is 11.6 Å². The first-order valence-corrected chi connectivity index (χ1v) is 5.32. The number of carboxylic acids is 1. The van der Waals surface area contributed by atoms with Gasteiger partial charge < -0.3 is 15.7 Å². The van der Waals surface area contributed by atoms with E-state index in [1.54, 1.807) is 0 Å². The van der Waals surface area contributed by atoms with Gasteiger partial charge in [-0.15, -0.1) is 0 Å². The zero-order chi connectivity index (χ0) is 13.7. The lowest BCUT2D eigenvalue weighted by atomic mass is 10.2. The standard InChI is InChI=1S/C11H10ClN3O3/c1-6(10(16)17)14-11(18)15-8-3-2-7(5-13)9(12)4-8/h2-4,6H,1H3,(H,16,17)(H2,14,15,18). The predicted molar refractivity (Wildman–Crippen MR) is 65.4 cm³/mol. The number of benzene rings is 1. The van der Waals surface area contributed by atoms with Gasteiger partial charge in [0.1, 0.15) is 12.1 Å². The van der Waals surface area contributed by atoms with Crippen molar-refractivity contribution in [1.82, 2.24) is 5.32 Å². The van der Waals surface area contributed by atoms with Crippen molar-refractivity contribution in [3.63, 3.8) is 0 Å². The van der Waals surface area contributed by atoms with E-state index in [2.05, 4.69) is 10.6 Å². The van der Waals surface area contributed by atoms with Crippen molar-refractivity contribution in [1.29, 1.82) is 5.26 Å². The average molecular weight is 268 g/mol. The zero-order valence-corrected chi connectivity index (χ0v) is 10.2. The van der Waals surface area contributed by atoms with Crippen molar-refractivity contribution < 1.29 is 14.7 Å². The smallest absolute Gasteiger partial charge is 0.325 e. The molecule has 0 fully saturated rings. The Morgan fingerprint density at radius 2 is 2.17 bits per heavy atom. The second kappa shape index (κ2) is 5.89. The van der Waals surface area contributed by atoms with Crippen LogP contribution in [0, 0.1) is 11.3 Å². The van der Waals surface area contributed by atoms with E-state index in [4.69, 9.17) is 22.0 Å². The quantitative estimate of drug-likeness (QED) is 0.777. The van der Waals surface area contributed by atoms with Crippen LogP contribution in [0.1, 0.15) is 12.5 Å². The monoisotopic (exact) mass is 267 g/mol. The lowest BCUT2D eigenvalue weighted by Gasteiger charge is -2.11. The summed E-state index contributed by atoms with van der Waals surface area (Å²) >= 11 is 5.78. The molecule has 2 amide bonds. The third kappa shape index (κ3) is 3.64. The molecule has 0 aliphatic heterocycles. The largest absolute Gasteiger partial charge is 0.480 e. The molecule has 1 unspecified atom stereocenters. The molecule has 7 heteroatoms. The van der Waals surface area contributed by atoms with Crippen molar-refractivity contribution in [2.45, 2.75) is 13.0 Å². The highest BCUT2D eigenvalue weighted by atomic mass is 35.5. The number of carbonyl (C=O) groups excluding carboxylic acids is 1. The first-order chi connectivity index (χ1) is 8.43. The molecular weight excluding hydrogens is 258 g/mol. The van der Waals surface area contributed by atoms with Crippen LogP contribution in [0.15, 0.2) is 18.2 Å². The van der Waals surface area contributed by atoms with E-state index in [1.165, 1.54) is 25.1 Å². The number of nitrogens with zero attached hydrogens (tertiary/aromatic N) is 1. The molecule has 1 atom stereocenters. The summed E-state index contributed by atoms with van der Waals surface area (Å²) < 4.78 is 0. The van der Waals surface area contributed by atoms with Gasteiger partial charge in [0.15, 0.2) is 0 Å². The molecule has 1 aromatic rings. The Labute approximate surface area is 108 Å². The van der Waals surface area contributed by atoms with Crippen LogP contribution >= 0.6 is 11.6 Å². The van der Waals surface area contributed by atoms with Gasteiger partial charge in [-0.05, 0) is 25.1 Å². The lowest BCUT2D eigenvalue weighted by Crippen LogP contribution is -2.40. The molecule has 0 saturated carbocycles. The summed E-state index contributed by atoms with van der Waals surface area (Å²) in [5.74, 6) is -1.14. The van der Waals surface area contributed by atoms with Crippen LogP contribution in [0.3, 0.4) is 0 Å². The molecule has 0 saturated heterocycles. The van der Waals surface area contributed by atoms with Crippen LogP contribution in [-0.2, 0) is 4.79 Å². The fourth-order valence-electron chi connectivity index (χ4n) is 1.11. The van der Waals surface area contributed by atoms with Crippen LogP contribution in [0.4, 0.5) is 10.5 Å².